The van der Waals surface area contributed by atoms with Gasteiger partial charge in [-0.1, -0.05) is 12.1 Å². The first kappa shape index (κ1) is 15.8. The first-order valence-electron chi connectivity index (χ1n) is 7.12. The van der Waals surface area contributed by atoms with E-state index >= 15 is 0 Å². The number of ether oxygens (including phenoxy) is 1. The van der Waals surface area contributed by atoms with Gasteiger partial charge in [-0.15, -0.1) is 0 Å². The molecule has 1 aliphatic rings. The van der Waals surface area contributed by atoms with Gasteiger partial charge >= 0.3 is 6.61 Å². The molecule has 1 aromatic carbocycles. The van der Waals surface area contributed by atoms with Crippen molar-refractivity contribution >= 4 is 12.2 Å². The van der Waals surface area contributed by atoms with Gasteiger partial charge in [-0.2, -0.15) is 8.78 Å². The highest BCUT2D eigenvalue weighted by atomic mass is 32.1. The van der Waals surface area contributed by atoms with Gasteiger partial charge in [0.05, 0.1) is 5.56 Å². The number of benzene rings is 1. The Morgan fingerprint density at radius 1 is 1.26 bits per heavy atom. The van der Waals surface area contributed by atoms with Crippen molar-refractivity contribution in [1.29, 1.82) is 0 Å². The van der Waals surface area contributed by atoms with Gasteiger partial charge in [0.1, 0.15) is 5.75 Å². The van der Waals surface area contributed by atoms with Crippen LogP contribution in [0.3, 0.4) is 0 Å². The van der Waals surface area contributed by atoms with Crippen molar-refractivity contribution in [2.45, 2.75) is 26.1 Å². The fraction of sp³-hybridized carbons (Fsp3) is 0.333. The Labute approximate surface area is 135 Å². The van der Waals surface area contributed by atoms with Crippen molar-refractivity contribution in [1.82, 2.24) is 14.9 Å². The largest absolute Gasteiger partial charge is 0.435 e. The normalized spacial score (nSPS) is 14.7. The van der Waals surface area contributed by atoms with Crippen LogP contribution in [0.5, 0.6) is 5.75 Å². The van der Waals surface area contributed by atoms with E-state index in [0.717, 1.165) is 24.2 Å². The van der Waals surface area contributed by atoms with E-state index in [1.54, 1.807) is 12.1 Å². The van der Waals surface area contributed by atoms with Crippen molar-refractivity contribution < 1.29 is 13.5 Å². The summed E-state index contributed by atoms with van der Waals surface area (Å²) in [6.07, 6.45) is 0.718. The summed E-state index contributed by atoms with van der Waals surface area (Å²) >= 11 is 4.97. The molecule has 0 fully saturated rings. The second-order valence-corrected chi connectivity index (χ2v) is 5.76. The molecule has 2 aromatic rings. The highest BCUT2D eigenvalue weighted by molar-refractivity contribution is 7.71. The van der Waals surface area contributed by atoms with Gasteiger partial charge in [0, 0.05) is 31.7 Å². The molecule has 5 nitrogen and oxygen atoms in total. The molecule has 0 atom stereocenters. The van der Waals surface area contributed by atoms with E-state index < -0.39 is 6.61 Å². The quantitative estimate of drug-likeness (QED) is 0.841. The fourth-order valence-corrected chi connectivity index (χ4v) is 2.90. The van der Waals surface area contributed by atoms with E-state index in [-0.39, 0.29) is 11.3 Å². The fourth-order valence-electron chi connectivity index (χ4n) is 2.68. The third-order valence-corrected chi connectivity index (χ3v) is 3.95. The number of aromatic amines is 2. The van der Waals surface area contributed by atoms with Crippen molar-refractivity contribution in [2.24, 2.45) is 0 Å². The molecule has 3 rings (SSSR count). The molecule has 8 heteroatoms. The van der Waals surface area contributed by atoms with Crippen molar-refractivity contribution in [3.63, 3.8) is 0 Å². The minimum absolute atomic E-state index is 0.136. The summed E-state index contributed by atoms with van der Waals surface area (Å²) in [5.41, 5.74) is 2.39. The van der Waals surface area contributed by atoms with E-state index in [2.05, 4.69) is 19.6 Å². The molecule has 2 heterocycles. The molecule has 1 aromatic heterocycles. The molecule has 0 unspecified atom stereocenters. The first-order valence-corrected chi connectivity index (χ1v) is 7.52. The van der Waals surface area contributed by atoms with Crippen LogP contribution in [0.25, 0.3) is 0 Å². The monoisotopic (exact) mass is 339 g/mol. The molecule has 0 saturated heterocycles. The number of halogens is 2. The van der Waals surface area contributed by atoms with Crippen LogP contribution in [0.15, 0.2) is 29.1 Å². The Hall–Kier alpha value is -2.06. The van der Waals surface area contributed by atoms with Crippen LogP contribution in [-0.4, -0.2) is 28.0 Å². The molecule has 122 valence electrons. The van der Waals surface area contributed by atoms with Crippen LogP contribution in [0.2, 0.25) is 0 Å². The summed E-state index contributed by atoms with van der Waals surface area (Å²) in [6, 6.07) is 6.53. The number of nitrogens with one attached hydrogen (secondary N) is 2. The third-order valence-electron chi connectivity index (χ3n) is 3.74. The summed E-state index contributed by atoms with van der Waals surface area (Å²) < 4.78 is 28.9. The first-order chi connectivity index (χ1) is 11.0. The number of nitrogens with zero attached hydrogens (tertiary/aromatic N) is 1. The lowest BCUT2D eigenvalue weighted by molar-refractivity contribution is -0.0498. The topological polar surface area (TPSA) is 61.1 Å². The number of aromatic nitrogens is 2. The summed E-state index contributed by atoms with van der Waals surface area (Å²) in [7, 11) is 0. The molecule has 23 heavy (non-hydrogen) atoms. The molecule has 2 N–H and O–H groups in total. The average molecular weight is 339 g/mol. The Kier molecular flexibility index (Phi) is 4.53. The maximum Gasteiger partial charge on any atom is 0.387 e. The van der Waals surface area contributed by atoms with Crippen LogP contribution >= 0.6 is 12.2 Å². The molecule has 0 radical (unpaired) electrons. The Balaban J connectivity index is 1.70. The summed E-state index contributed by atoms with van der Waals surface area (Å²) in [5.74, 6) is 0.136. The average Bonchev–Trinajstić information content (AvgIpc) is 2.49. The summed E-state index contributed by atoms with van der Waals surface area (Å²) in [4.78, 5) is 19.7. The van der Waals surface area contributed by atoms with Gasteiger partial charge in [-0.25, -0.2) is 0 Å². The lowest BCUT2D eigenvalue weighted by Gasteiger charge is -2.27. The van der Waals surface area contributed by atoms with Gasteiger partial charge in [0.25, 0.3) is 5.56 Å². The second-order valence-electron chi connectivity index (χ2n) is 5.35. The van der Waals surface area contributed by atoms with Gasteiger partial charge in [-0.3, -0.25) is 14.7 Å². The number of fused-ring (bicyclic) bond motifs is 1. The number of rotatable bonds is 4. The maximum absolute atomic E-state index is 12.1. The molecule has 1 aliphatic heterocycles. The van der Waals surface area contributed by atoms with Crippen LogP contribution in [0, 0.1) is 4.77 Å². The van der Waals surface area contributed by atoms with Crippen molar-refractivity contribution in [2.75, 3.05) is 6.54 Å². The van der Waals surface area contributed by atoms with E-state index in [9.17, 15) is 13.6 Å². The second kappa shape index (κ2) is 6.59. The molecule has 0 saturated carbocycles. The standard InChI is InChI=1S/C15H15F2N3O2S/c16-14(17)22-10-3-1-9(2-4-10)7-20-6-5-12-11(8-20)13(21)19-15(23)18-12/h1-4,14H,5-8H2,(H2,18,19,21,23). The Morgan fingerprint density at radius 3 is 2.70 bits per heavy atom. The Morgan fingerprint density at radius 2 is 2.00 bits per heavy atom. The number of hydrogen-bond donors (Lipinski definition) is 2. The van der Waals surface area contributed by atoms with Crippen LogP contribution in [0.1, 0.15) is 16.8 Å². The highest BCUT2D eigenvalue weighted by Crippen LogP contribution is 2.19. The SMILES string of the molecule is O=c1[nH]c(=S)[nH]c2c1CN(Cc1ccc(OC(F)F)cc1)CC2. The maximum atomic E-state index is 12.1. The predicted molar refractivity (Wildman–Crippen MR) is 83.1 cm³/mol. The zero-order chi connectivity index (χ0) is 16.4. The van der Waals surface area contributed by atoms with Crippen LogP contribution in [-0.2, 0) is 19.5 Å². The Bertz CT molecular complexity index is 802. The number of H-pyrrole nitrogens is 2. The van der Waals surface area contributed by atoms with Crippen molar-refractivity contribution in [3.05, 3.63) is 56.2 Å². The molecule has 0 aliphatic carbocycles. The van der Waals surface area contributed by atoms with Gasteiger partial charge in [0.15, 0.2) is 4.77 Å². The van der Waals surface area contributed by atoms with Crippen molar-refractivity contribution in [3.8, 4) is 5.75 Å². The lowest BCUT2D eigenvalue weighted by atomic mass is 10.1. The van der Waals surface area contributed by atoms with Crippen LogP contribution < -0.4 is 10.3 Å². The molecular weight excluding hydrogens is 324 g/mol. The molecule has 0 bridgehead atoms. The molecule has 0 spiro atoms. The van der Waals surface area contributed by atoms with Gasteiger partial charge < -0.3 is 9.72 Å². The minimum atomic E-state index is -2.82. The lowest BCUT2D eigenvalue weighted by Crippen LogP contribution is -2.35. The zero-order valence-electron chi connectivity index (χ0n) is 12.1. The summed E-state index contributed by atoms with van der Waals surface area (Å²) in [5, 5.41) is 0. The number of alkyl halides is 2. The zero-order valence-corrected chi connectivity index (χ0v) is 13.0. The highest BCUT2D eigenvalue weighted by Gasteiger charge is 2.19. The van der Waals surface area contributed by atoms with Gasteiger partial charge in [-0.05, 0) is 29.9 Å². The minimum Gasteiger partial charge on any atom is -0.435 e. The van der Waals surface area contributed by atoms with E-state index in [1.165, 1.54) is 12.1 Å². The van der Waals surface area contributed by atoms with E-state index in [1.807, 2.05) is 0 Å². The number of hydrogen-bond acceptors (Lipinski definition) is 4. The third kappa shape index (κ3) is 3.83. The van der Waals surface area contributed by atoms with Gasteiger partial charge in [0.2, 0.25) is 0 Å². The van der Waals surface area contributed by atoms with E-state index in [0.29, 0.717) is 23.4 Å². The van der Waals surface area contributed by atoms with E-state index in [4.69, 9.17) is 12.2 Å². The smallest absolute Gasteiger partial charge is 0.387 e. The molecule has 0 amide bonds. The predicted octanol–water partition coefficient (Wildman–Crippen LogP) is 2.59. The molecular formula is C15H15F2N3O2S. The van der Waals surface area contributed by atoms with Crippen LogP contribution in [0.4, 0.5) is 8.78 Å². The summed E-state index contributed by atoms with van der Waals surface area (Å²) in [6.45, 7) is -0.885.